The Balaban J connectivity index is 2.31. The zero-order valence-electron chi connectivity index (χ0n) is 13.1. The van der Waals surface area contributed by atoms with E-state index >= 15 is 0 Å². The molecule has 1 aromatic carbocycles. The van der Waals surface area contributed by atoms with Crippen LogP contribution >= 0.6 is 34.8 Å². The minimum Gasteiger partial charge on any atom is -0.485 e. The van der Waals surface area contributed by atoms with Gasteiger partial charge in [-0.3, -0.25) is 10.1 Å². The van der Waals surface area contributed by atoms with Gasteiger partial charge in [0, 0.05) is 5.56 Å². The summed E-state index contributed by atoms with van der Waals surface area (Å²) in [5, 5.41) is 23.9. The van der Waals surface area contributed by atoms with E-state index in [0.29, 0.717) is 16.9 Å². The summed E-state index contributed by atoms with van der Waals surface area (Å²) in [6.07, 6.45) is -1.16. The first-order chi connectivity index (χ1) is 11.5. The molecule has 0 aromatic heterocycles. The van der Waals surface area contributed by atoms with Gasteiger partial charge in [-0.1, -0.05) is 34.8 Å². The van der Waals surface area contributed by atoms with Crippen molar-refractivity contribution in [2.24, 2.45) is 0 Å². The first kappa shape index (κ1) is 19.6. The number of imide groups is 1. The van der Waals surface area contributed by atoms with E-state index in [1.165, 1.54) is 6.07 Å². The van der Waals surface area contributed by atoms with Crippen molar-refractivity contribution in [3.05, 3.63) is 29.3 Å². The van der Waals surface area contributed by atoms with Gasteiger partial charge in [-0.25, -0.2) is 4.79 Å². The van der Waals surface area contributed by atoms with E-state index in [-0.39, 0.29) is 0 Å². The van der Waals surface area contributed by atoms with Crippen LogP contribution in [-0.2, 0) is 4.79 Å². The fourth-order valence-corrected chi connectivity index (χ4v) is 2.52. The Labute approximate surface area is 158 Å². The number of nitrogens with one attached hydrogen (secondary N) is 2. The third kappa shape index (κ3) is 4.28. The molecule has 0 bridgehead atoms. The molecule has 1 unspecified atom stereocenters. The fraction of sp³-hybridized carbons (Fsp3) is 0.400. The molecular weight excluding hydrogens is 393 g/mol. The molecule has 2 rings (SSSR count). The highest BCUT2D eigenvalue weighted by atomic mass is 35.6. The van der Waals surface area contributed by atoms with Crippen LogP contribution < -0.4 is 15.4 Å². The van der Waals surface area contributed by atoms with Gasteiger partial charge in [-0.05, 0) is 32.0 Å². The maximum absolute atomic E-state index is 12.1. The van der Waals surface area contributed by atoms with E-state index in [4.69, 9.17) is 44.8 Å². The molecular formula is C15H14Cl3N3O4. The Kier molecular flexibility index (Phi) is 5.40. The van der Waals surface area contributed by atoms with Crippen molar-refractivity contribution in [1.82, 2.24) is 10.6 Å². The highest BCUT2D eigenvalue weighted by Crippen LogP contribution is 2.40. The number of alkyl halides is 3. The molecule has 0 fully saturated rings. The second-order valence-electron chi connectivity index (χ2n) is 5.92. The average Bonchev–Trinajstić information content (AvgIpc) is 2.50. The van der Waals surface area contributed by atoms with Crippen molar-refractivity contribution in [3.63, 3.8) is 0 Å². The van der Waals surface area contributed by atoms with Crippen molar-refractivity contribution in [3.8, 4) is 11.8 Å². The lowest BCUT2D eigenvalue weighted by molar-refractivity contribution is -0.119. The summed E-state index contributed by atoms with van der Waals surface area (Å²) >= 11 is 16.2. The summed E-state index contributed by atoms with van der Waals surface area (Å²) in [6, 6.07) is 4.65. The fourth-order valence-electron chi connectivity index (χ4n) is 2.38. The number of hydrogen-bond donors (Lipinski definition) is 3. The van der Waals surface area contributed by atoms with Crippen LogP contribution in [0.25, 0.3) is 0 Å². The van der Waals surface area contributed by atoms with Gasteiger partial charge in [0.15, 0.2) is 0 Å². The smallest absolute Gasteiger partial charge is 0.322 e. The summed E-state index contributed by atoms with van der Waals surface area (Å²) in [5.41, 5.74) is -0.320. The van der Waals surface area contributed by atoms with Crippen molar-refractivity contribution in [2.45, 2.75) is 35.4 Å². The number of rotatable bonds is 1. The van der Waals surface area contributed by atoms with Gasteiger partial charge < -0.3 is 15.2 Å². The first-order valence-electron chi connectivity index (χ1n) is 7.05. The van der Waals surface area contributed by atoms with E-state index < -0.39 is 33.5 Å². The van der Waals surface area contributed by atoms with Gasteiger partial charge in [0.25, 0.3) is 9.70 Å². The normalized spacial score (nSPS) is 21.3. The van der Waals surface area contributed by atoms with E-state index in [0.717, 1.165) is 0 Å². The lowest BCUT2D eigenvalue weighted by Crippen LogP contribution is -2.55. The molecule has 7 nitrogen and oxygen atoms in total. The molecule has 0 spiro atoms. The number of halogens is 3. The Morgan fingerprint density at radius 3 is 2.56 bits per heavy atom. The Hall–Kier alpha value is -1.72. The van der Waals surface area contributed by atoms with Gasteiger partial charge in [-0.2, -0.15) is 5.26 Å². The van der Waals surface area contributed by atoms with Crippen LogP contribution in [0.15, 0.2) is 18.2 Å². The molecule has 0 saturated carbocycles. The lowest BCUT2D eigenvalue weighted by Gasteiger charge is -2.42. The summed E-state index contributed by atoms with van der Waals surface area (Å²) in [4.78, 5) is 23.6. The molecule has 0 aliphatic carbocycles. The topological polar surface area (TPSA) is 111 Å². The van der Waals surface area contributed by atoms with Crippen molar-refractivity contribution < 1.29 is 19.4 Å². The largest absolute Gasteiger partial charge is 0.485 e. The van der Waals surface area contributed by atoms with Crippen LogP contribution in [0.3, 0.4) is 0 Å². The number of carbonyl (C=O) groups excluding carboxylic acids is 2. The van der Waals surface area contributed by atoms with E-state index in [1.54, 1.807) is 26.0 Å². The zero-order chi connectivity index (χ0) is 19.0. The second-order valence-corrected chi connectivity index (χ2v) is 8.20. The average molecular weight is 407 g/mol. The third-order valence-electron chi connectivity index (χ3n) is 3.65. The van der Waals surface area contributed by atoms with E-state index in [2.05, 4.69) is 5.32 Å². The highest BCUT2D eigenvalue weighted by Gasteiger charge is 2.44. The van der Waals surface area contributed by atoms with Gasteiger partial charge in [0.05, 0.1) is 17.7 Å². The number of hydrogen-bond acceptors (Lipinski definition) is 5. The van der Waals surface area contributed by atoms with Crippen LogP contribution in [0.2, 0.25) is 0 Å². The molecule has 25 heavy (non-hydrogen) atoms. The molecule has 1 heterocycles. The number of aliphatic hydroxyl groups excluding tert-OH is 1. The van der Waals surface area contributed by atoms with Crippen LogP contribution in [-0.4, -0.2) is 32.5 Å². The lowest BCUT2D eigenvalue weighted by atomic mass is 9.86. The van der Waals surface area contributed by atoms with Crippen LogP contribution in [0.4, 0.5) is 4.79 Å². The number of nitrogens with zero attached hydrogens (tertiary/aromatic N) is 1. The quantitative estimate of drug-likeness (QED) is 0.620. The van der Waals surface area contributed by atoms with Crippen molar-refractivity contribution >= 4 is 46.7 Å². The molecule has 0 radical (unpaired) electrons. The molecule has 1 aliphatic rings. The van der Waals surface area contributed by atoms with Gasteiger partial charge in [-0.15, -0.1) is 0 Å². The monoisotopic (exact) mass is 405 g/mol. The Bertz CT molecular complexity index is 755. The predicted molar refractivity (Wildman–Crippen MR) is 91.6 cm³/mol. The summed E-state index contributed by atoms with van der Waals surface area (Å²) in [6.45, 7) is 3.27. The predicted octanol–water partition coefficient (Wildman–Crippen LogP) is 2.33. The Morgan fingerprint density at radius 2 is 2.00 bits per heavy atom. The number of amides is 3. The molecule has 10 heteroatoms. The number of ether oxygens (including phenoxy) is 1. The summed E-state index contributed by atoms with van der Waals surface area (Å²) in [7, 11) is 0. The molecule has 1 aliphatic heterocycles. The standard InChI is InChI=1S/C15H14Cl3N3O4/c1-14(2)11(22)10(20-13(24)21-12(23)15(16,17)18)8-5-7(6-19)3-4-9(8)25-14/h3-5,10-11,22H,1-2H3,(H2,20,21,23,24)/t10?,11-/m0/s1. The molecule has 3 N–H and O–H groups in total. The molecule has 3 amide bonds. The van der Waals surface area contributed by atoms with Gasteiger partial charge in [0.1, 0.15) is 17.5 Å². The minimum absolute atomic E-state index is 0.318. The van der Waals surface area contributed by atoms with Gasteiger partial charge >= 0.3 is 6.03 Å². The highest BCUT2D eigenvalue weighted by molar-refractivity contribution is 6.76. The minimum atomic E-state index is -2.31. The van der Waals surface area contributed by atoms with Crippen LogP contribution in [0.1, 0.15) is 31.0 Å². The zero-order valence-corrected chi connectivity index (χ0v) is 15.4. The number of aliphatic hydroxyl groups is 1. The first-order valence-corrected chi connectivity index (χ1v) is 8.19. The third-order valence-corrected chi connectivity index (χ3v) is 4.16. The molecule has 0 saturated heterocycles. The number of urea groups is 1. The van der Waals surface area contributed by atoms with E-state index in [1.807, 2.05) is 11.4 Å². The van der Waals surface area contributed by atoms with Crippen LogP contribution in [0.5, 0.6) is 5.75 Å². The molecule has 1 aromatic rings. The second kappa shape index (κ2) is 6.89. The summed E-state index contributed by atoms with van der Waals surface area (Å²) in [5.74, 6) is -0.742. The molecule has 134 valence electrons. The summed E-state index contributed by atoms with van der Waals surface area (Å²) < 4.78 is 3.41. The van der Waals surface area contributed by atoms with Crippen molar-refractivity contribution in [1.29, 1.82) is 5.26 Å². The SMILES string of the molecule is CC1(C)Oc2ccc(C#N)cc2C(NC(=O)NC(=O)C(Cl)(Cl)Cl)[C@@H]1O. The maximum atomic E-state index is 12.1. The number of carbonyl (C=O) groups is 2. The van der Waals surface area contributed by atoms with E-state index in [9.17, 15) is 14.7 Å². The number of benzene rings is 1. The Morgan fingerprint density at radius 1 is 1.36 bits per heavy atom. The van der Waals surface area contributed by atoms with Crippen molar-refractivity contribution in [2.75, 3.05) is 0 Å². The van der Waals surface area contributed by atoms with Gasteiger partial charge in [0.2, 0.25) is 0 Å². The number of fused-ring (bicyclic) bond motifs is 1. The molecule has 2 atom stereocenters. The maximum Gasteiger partial charge on any atom is 0.322 e. The number of nitriles is 1. The van der Waals surface area contributed by atoms with Crippen LogP contribution in [0, 0.1) is 11.3 Å².